The molecule has 0 aliphatic heterocycles. The van der Waals surface area contributed by atoms with E-state index < -0.39 is 0 Å². The van der Waals surface area contributed by atoms with E-state index in [9.17, 15) is 4.79 Å². The van der Waals surface area contributed by atoms with Crippen LogP contribution in [0.3, 0.4) is 0 Å². The maximum Gasteiger partial charge on any atom is 0.264 e. The second-order valence-electron chi connectivity index (χ2n) is 5.82. The number of benzene rings is 1. The van der Waals surface area contributed by atoms with Crippen LogP contribution >= 0.6 is 11.3 Å². The Morgan fingerprint density at radius 2 is 1.92 bits per heavy atom. The van der Waals surface area contributed by atoms with Crippen LogP contribution in [0, 0.1) is 0 Å². The summed E-state index contributed by atoms with van der Waals surface area (Å²) < 4.78 is 2.22. The minimum Gasteiger partial charge on any atom is -0.345 e. The molecule has 1 aromatic carbocycles. The molecule has 4 heteroatoms. The normalized spacial score (nSPS) is 10.7. The molecule has 24 heavy (non-hydrogen) atoms. The van der Waals surface area contributed by atoms with E-state index in [1.807, 2.05) is 28.5 Å². The Balaban J connectivity index is 1.76. The van der Waals surface area contributed by atoms with E-state index in [-0.39, 0.29) is 5.91 Å². The van der Waals surface area contributed by atoms with Crippen molar-refractivity contribution in [1.82, 2.24) is 9.47 Å². The van der Waals surface area contributed by atoms with Gasteiger partial charge in [-0.1, -0.05) is 43.3 Å². The van der Waals surface area contributed by atoms with Gasteiger partial charge in [0.25, 0.3) is 5.91 Å². The minimum absolute atomic E-state index is 0.124. The van der Waals surface area contributed by atoms with Crippen LogP contribution in [0.25, 0.3) is 0 Å². The van der Waals surface area contributed by atoms with Crippen LogP contribution < -0.4 is 0 Å². The molecule has 3 nitrogen and oxygen atoms in total. The predicted molar refractivity (Wildman–Crippen MR) is 99.3 cm³/mol. The van der Waals surface area contributed by atoms with E-state index in [1.54, 1.807) is 0 Å². The van der Waals surface area contributed by atoms with E-state index in [4.69, 9.17) is 0 Å². The highest BCUT2D eigenvalue weighted by atomic mass is 32.1. The van der Waals surface area contributed by atoms with Gasteiger partial charge in [0.05, 0.1) is 11.4 Å². The summed E-state index contributed by atoms with van der Waals surface area (Å²) in [7, 11) is 0. The van der Waals surface area contributed by atoms with Gasteiger partial charge in [0.2, 0.25) is 0 Å². The van der Waals surface area contributed by atoms with Gasteiger partial charge in [-0.05, 0) is 35.6 Å². The number of rotatable bonds is 7. The largest absolute Gasteiger partial charge is 0.345 e. The van der Waals surface area contributed by atoms with Crippen LogP contribution in [0.5, 0.6) is 0 Å². The lowest BCUT2D eigenvalue weighted by Gasteiger charge is -2.22. The molecule has 0 spiro atoms. The molecular weight excluding hydrogens is 316 g/mol. The first kappa shape index (κ1) is 16.5. The minimum atomic E-state index is 0.124. The zero-order chi connectivity index (χ0) is 16.8. The monoisotopic (exact) mass is 338 g/mol. The molecule has 1 amide bonds. The maximum atomic E-state index is 12.7. The molecule has 0 N–H and O–H groups in total. The Bertz CT molecular complexity index is 762. The molecule has 2 heterocycles. The summed E-state index contributed by atoms with van der Waals surface area (Å²) in [6.45, 7) is 4.35. The van der Waals surface area contributed by atoms with Gasteiger partial charge < -0.3 is 9.47 Å². The molecule has 124 valence electrons. The van der Waals surface area contributed by atoms with Crippen molar-refractivity contribution >= 4 is 17.2 Å². The number of thiophene rings is 1. The van der Waals surface area contributed by atoms with Crippen molar-refractivity contribution in [2.75, 3.05) is 6.54 Å². The molecule has 2 aromatic heterocycles. The lowest BCUT2D eigenvalue weighted by molar-refractivity contribution is 0.0744. The molecule has 0 aliphatic rings. The summed E-state index contributed by atoms with van der Waals surface area (Å²) in [6, 6.07) is 18.4. The fourth-order valence-corrected chi connectivity index (χ4v) is 3.49. The second-order valence-corrected chi connectivity index (χ2v) is 6.76. The third-order valence-electron chi connectivity index (χ3n) is 3.98. The lowest BCUT2D eigenvalue weighted by Crippen LogP contribution is -2.31. The average molecular weight is 338 g/mol. The van der Waals surface area contributed by atoms with Gasteiger partial charge in [0.15, 0.2) is 0 Å². The van der Waals surface area contributed by atoms with E-state index in [2.05, 4.69) is 54.1 Å². The number of hydrogen-bond donors (Lipinski definition) is 0. The van der Waals surface area contributed by atoms with E-state index >= 15 is 0 Å². The van der Waals surface area contributed by atoms with Crippen LogP contribution in [0.4, 0.5) is 0 Å². The van der Waals surface area contributed by atoms with E-state index in [0.29, 0.717) is 6.54 Å². The molecule has 0 atom stereocenters. The van der Waals surface area contributed by atoms with Gasteiger partial charge in [0.1, 0.15) is 0 Å². The van der Waals surface area contributed by atoms with Crippen molar-refractivity contribution in [3.63, 3.8) is 0 Å². The van der Waals surface area contributed by atoms with Crippen LogP contribution in [0.2, 0.25) is 0 Å². The first-order valence-corrected chi connectivity index (χ1v) is 9.16. The highest BCUT2D eigenvalue weighted by molar-refractivity contribution is 7.12. The summed E-state index contributed by atoms with van der Waals surface area (Å²) in [5.41, 5.74) is 2.43. The van der Waals surface area contributed by atoms with Gasteiger partial charge in [-0.2, -0.15) is 0 Å². The summed E-state index contributed by atoms with van der Waals surface area (Å²) >= 11 is 1.51. The number of carbonyl (C=O) groups is 1. The number of hydrogen-bond acceptors (Lipinski definition) is 2. The fourth-order valence-electron chi connectivity index (χ4n) is 2.80. The third kappa shape index (κ3) is 3.95. The zero-order valence-corrected chi connectivity index (χ0v) is 14.7. The van der Waals surface area contributed by atoms with Gasteiger partial charge >= 0.3 is 0 Å². The third-order valence-corrected chi connectivity index (χ3v) is 4.84. The molecule has 3 aromatic rings. The standard InChI is InChI=1S/C20H22N2OS/c1-2-12-22(20(23)19-11-7-14-24-19)16-18-10-6-13-21(18)15-17-8-4-3-5-9-17/h3-11,13-14H,2,12,15-16H2,1H3. The molecule has 0 aliphatic carbocycles. The highest BCUT2D eigenvalue weighted by Gasteiger charge is 2.17. The Labute approximate surface area is 147 Å². The number of amides is 1. The number of carbonyl (C=O) groups excluding carboxylic acids is 1. The Morgan fingerprint density at radius 3 is 2.62 bits per heavy atom. The van der Waals surface area contributed by atoms with E-state index in [1.165, 1.54) is 16.9 Å². The summed E-state index contributed by atoms with van der Waals surface area (Å²) in [6.07, 6.45) is 3.04. The molecule has 0 saturated heterocycles. The van der Waals surface area contributed by atoms with Crippen molar-refractivity contribution in [2.24, 2.45) is 0 Å². The Hall–Kier alpha value is -2.33. The highest BCUT2D eigenvalue weighted by Crippen LogP contribution is 2.16. The molecule has 3 rings (SSSR count). The van der Waals surface area contributed by atoms with Crippen LogP contribution in [-0.4, -0.2) is 21.9 Å². The first-order chi connectivity index (χ1) is 11.8. The van der Waals surface area contributed by atoms with Crippen LogP contribution in [0.15, 0.2) is 66.2 Å². The number of nitrogens with zero attached hydrogens (tertiary/aromatic N) is 2. The topological polar surface area (TPSA) is 25.2 Å². The average Bonchev–Trinajstić information content (AvgIpc) is 3.27. The molecule has 0 bridgehead atoms. The smallest absolute Gasteiger partial charge is 0.264 e. The molecular formula is C20H22N2OS. The van der Waals surface area contributed by atoms with E-state index in [0.717, 1.165) is 30.1 Å². The van der Waals surface area contributed by atoms with Crippen LogP contribution in [-0.2, 0) is 13.1 Å². The molecule has 0 radical (unpaired) electrons. The van der Waals surface area contributed by atoms with Gasteiger partial charge in [0, 0.05) is 25.0 Å². The summed E-state index contributed by atoms with van der Waals surface area (Å²) in [5.74, 6) is 0.124. The SMILES string of the molecule is CCCN(Cc1cccn1Cc1ccccc1)C(=O)c1cccs1. The Morgan fingerprint density at radius 1 is 1.08 bits per heavy atom. The van der Waals surface area contributed by atoms with Crippen molar-refractivity contribution in [3.05, 3.63) is 82.3 Å². The number of aromatic nitrogens is 1. The summed E-state index contributed by atoms with van der Waals surface area (Å²) in [5, 5.41) is 1.95. The molecule has 0 saturated carbocycles. The van der Waals surface area contributed by atoms with Crippen LogP contribution in [0.1, 0.15) is 34.3 Å². The van der Waals surface area contributed by atoms with Crippen molar-refractivity contribution in [2.45, 2.75) is 26.4 Å². The first-order valence-electron chi connectivity index (χ1n) is 8.28. The lowest BCUT2D eigenvalue weighted by atomic mass is 10.2. The van der Waals surface area contributed by atoms with Gasteiger partial charge in [-0.3, -0.25) is 4.79 Å². The molecule has 0 unspecified atom stereocenters. The van der Waals surface area contributed by atoms with Gasteiger partial charge in [-0.15, -0.1) is 11.3 Å². The molecule has 0 fully saturated rings. The van der Waals surface area contributed by atoms with Crippen molar-refractivity contribution in [3.8, 4) is 0 Å². The fraction of sp³-hybridized carbons (Fsp3) is 0.250. The van der Waals surface area contributed by atoms with Gasteiger partial charge in [-0.25, -0.2) is 0 Å². The van der Waals surface area contributed by atoms with Crippen molar-refractivity contribution < 1.29 is 4.79 Å². The second kappa shape index (κ2) is 7.97. The summed E-state index contributed by atoms with van der Waals surface area (Å²) in [4.78, 5) is 15.5. The van der Waals surface area contributed by atoms with Crippen molar-refractivity contribution in [1.29, 1.82) is 0 Å². The maximum absolute atomic E-state index is 12.7. The quantitative estimate of drug-likeness (QED) is 0.615. The zero-order valence-electron chi connectivity index (χ0n) is 13.9. The predicted octanol–water partition coefficient (Wildman–Crippen LogP) is 4.65. The Kier molecular flexibility index (Phi) is 5.49.